The molecule has 0 aliphatic heterocycles. The predicted molar refractivity (Wildman–Crippen MR) is 118 cm³/mol. The molecule has 2 N–H and O–H groups in total. The van der Waals surface area contributed by atoms with Crippen LogP contribution in [0.1, 0.15) is 25.8 Å². The summed E-state index contributed by atoms with van der Waals surface area (Å²) in [6, 6.07) is 14.9. The summed E-state index contributed by atoms with van der Waals surface area (Å²) in [6.45, 7) is 4.61. The molecular weight excluding hydrogens is 396 g/mol. The molecule has 3 aromatic rings. The molecule has 0 aliphatic carbocycles. The highest BCUT2D eigenvalue weighted by atomic mass is 16.5. The fourth-order valence-electron chi connectivity index (χ4n) is 3.43. The molecule has 0 spiro atoms. The van der Waals surface area contributed by atoms with Gasteiger partial charge in [0.1, 0.15) is 11.5 Å². The van der Waals surface area contributed by atoms with Crippen molar-refractivity contribution in [3.8, 4) is 34.0 Å². The molecule has 0 aliphatic rings. The summed E-state index contributed by atoms with van der Waals surface area (Å²) in [6.07, 6.45) is -0.0433. The van der Waals surface area contributed by atoms with Crippen molar-refractivity contribution in [1.82, 2.24) is 9.78 Å². The molecular formula is C24H28N2O5. The number of aromatic nitrogens is 2. The molecule has 0 fully saturated rings. The van der Waals surface area contributed by atoms with E-state index in [2.05, 4.69) is 0 Å². The van der Waals surface area contributed by atoms with E-state index in [1.54, 1.807) is 30.0 Å². The standard InChI is InChI=1S/C24H28N2O5/c1-4-17(27)15-26-21(18-8-6-7-9-22(18)30-3)14-20(25-26)19-12-16(13-24(28)29)10-11-23(19)31-5-2/h6-12,14,17,27H,4-5,13,15H2,1-3H3,(H,28,29). The number of ether oxygens (including phenoxy) is 2. The number of aliphatic hydroxyl groups is 1. The second-order valence-electron chi connectivity index (χ2n) is 7.19. The number of hydrogen-bond acceptors (Lipinski definition) is 5. The van der Waals surface area contributed by atoms with Crippen LogP contribution in [0.5, 0.6) is 11.5 Å². The second kappa shape index (κ2) is 10.1. The van der Waals surface area contributed by atoms with Gasteiger partial charge in [-0.15, -0.1) is 0 Å². The van der Waals surface area contributed by atoms with E-state index in [-0.39, 0.29) is 6.42 Å². The summed E-state index contributed by atoms with van der Waals surface area (Å²) < 4.78 is 13.1. The molecule has 2 aromatic carbocycles. The quantitative estimate of drug-likeness (QED) is 0.511. The maximum absolute atomic E-state index is 11.2. The van der Waals surface area contributed by atoms with E-state index in [0.717, 1.165) is 11.3 Å². The molecule has 164 valence electrons. The Morgan fingerprint density at radius 2 is 1.87 bits per heavy atom. The summed E-state index contributed by atoms with van der Waals surface area (Å²) in [4.78, 5) is 11.2. The van der Waals surface area contributed by atoms with Gasteiger partial charge in [-0.2, -0.15) is 5.10 Å². The third kappa shape index (κ3) is 5.24. The summed E-state index contributed by atoms with van der Waals surface area (Å²) in [5, 5.41) is 24.2. The SMILES string of the molecule is CCOc1ccc(CC(=O)O)cc1-c1cc(-c2ccccc2OC)n(CC(O)CC)n1. The van der Waals surface area contributed by atoms with Crippen LogP contribution in [-0.4, -0.2) is 45.8 Å². The Morgan fingerprint density at radius 1 is 1.10 bits per heavy atom. The van der Waals surface area contributed by atoms with Crippen molar-refractivity contribution in [3.63, 3.8) is 0 Å². The van der Waals surface area contributed by atoms with Crippen molar-refractivity contribution in [2.45, 2.75) is 39.3 Å². The minimum Gasteiger partial charge on any atom is -0.496 e. The number of methoxy groups -OCH3 is 1. The van der Waals surface area contributed by atoms with Crippen LogP contribution in [0.2, 0.25) is 0 Å². The maximum atomic E-state index is 11.2. The maximum Gasteiger partial charge on any atom is 0.307 e. The van der Waals surface area contributed by atoms with Crippen LogP contribution in [-0.2, 0) is 17.8 Å². The van der Waals surface area contributed by atoms with Gasteiger partial charge in [0.15, 0.2) is 0 Å². The zero-order chi connectivity index (χ0) is 22.4. The Kier molecular flexibility index (Phi) is 7.31. The van der Waals surface area contributed by atoms with Crippen LogP contribution in [0.15, 0.2) is 48.5 Å². The molecule has 0 saturated carbocycles. The Balaban J connectivity index is 2.16. The van der Waals surface area contributed by atoms with Crippen LogP contribution in [0, 0.1) is 0 Å². The number of para-hydroxylation sites is 1. The van der Waals surface area contributed by atoms with Crippen LogP contribution in [0.3, 0.4) is 0 Å². The average molecular weight is 424 g/mol. The molecule has 0 radical (unpaired) electrons. The molecule has 1 heterocycles. The van der Waals surface area contributed by atoms with Crippen molar-refractivity contribution < 1.29 is 24.5 Å². The van der Waals surface area contributed by atoms with Crippen LogP contribution >= 0.6 is 0 Å². The van der Waals surface area contributed by atoms with Gasteiger partial charge in [-0.1, -0.05) is 25.1 Å². The molecule has 1 atom stereocenters. The number of aliphatic carboxylic acids is 1. The van der Waals surface area contributed by atoms with Crippen molar-refractivity contribution >= 4 is 5.97 Å². The number of benzene rings is 2. The smallest absolute Gasteiger partial charge is 0.307 e. The van der Waals surface area contributed by atoms with Crippen LogP contribution in [0.25, 0.3) is 22.5 Å². The van der Waals surface area contributed by atoms with E-state index >= 15 is 0 Å². The zero-order valence-corrected chi connectivity index (χ0v) is 18.0. The van der Waals surface area contributed by atoms with Gasteiger partial charge in [0.2, 0.25) is 0 Å². The lowest BCUT2D eigenvalue weighted by molar-refractivity contribution is -0.136. The number of nitrogens with zero attached hydrogens (tertiary/aromatic N) is 2. The molecule has 7 nitrogen and oxygen atoms in total. The van der Waals surface area contributed by atoms with E-state index in [1.165, 1.54) is 0 Å². The predicted octanol–water partition coefficient (Wildman–Crippen LogP) is 4.02. The lowest BCUT2D eigenvalue weighted by atomic mass is 10.0. The Hall–Kier alpha value is -3.32. The number of aliphatic hydroxyl groups excluding tert-OH is 1. The first kappa shape index (κ1) is 22.4. The van der Waals surface area contributed by atoms with Crippen molar-refractivity contribution in [3.05, 3.63) is 54.1 Å². The number of rotatable bonds is 10. The fraction of sp³-hybridized carbons (Fsp3) is 0.333. The molecule has 3 rings (SSSR count). The lowest BCUT2D eigenvalue weighted by Crippen LogP contribution is -2.16. The van der Waals surface area contributed by atoms with E-state index in [1.807, 2.05) is 44.2 Å². The van der Waals surface area contributed by atoms with E-state index in [0.29, 0.717) is 47.9 Å². The van der Waals surface area contributed by atoms with Crippen LogP contribution in [0.4, 0.5) is 0 Å². The molecule has 1 unspecified atom stereocenters. The lowest BCUT2D eigenvalue weighted by Gasteiger charge is -2.13. The van der Waals surface area contributed by atoms with Gasteiger partial charge in [0, 0.05) is 11.1 Å². The van der Waals surface area contributed by atoms with Gasteiger partial charge in [-0.3, -0.25) is 9.48 Å². The Labute approximate surface area is 181 Å². The van der Waals surface area contributed by atoms with E-state index in [4.69, 9.17) is 14.6 Å². The zero-order valence-electron chi connectivity index (χ0n) is 18.0. The molecule has 1 aromatic heterocycles. The van der Waals surface area contributed by atoms with Gasteiger partial charge in [-0.05, 0) is 49.2 Å². The van der Waals surface area contributed by atoms with Crippen molar-refractivity contribution in [2.24, 2.45) is 0 Å². The highest BCUT2D eigenvalue weighted by molar-refractivity contribution is 5.77. The van der Waals surface area contributed by atoms with E-state index < -0.39 is 12.1 Å². The van der Waals surface area contributed by atoms with Crippen molar-refractivity contribution in [2.75, 3.05) is 13.7 Å². The summed E-state index contributed by atoms with van der Waals surface area (Å²) in [5.74, 6) is 0.427. The number of hydrogen-bond donors (Lipinski definition) is 2. The summed E-state index contributed by atoms with van der Waals surface area (Å²) in [7, 11) is 1.61. The monoisotopic (exact) mass is 424 g/mol. The second-order valence-corrected chi connectivity index (χ2v) is 7.19. The summed E-state index contributed by atoms with van der Waals surface area (Å²) in [5.41, 5.74) is 3.66. The fourth-order valence-corrected chi connectivity index (χ4v) is 3.43. The first-order valence-electron chi connectivity index (χ1n) is 10.3. The van der Waals surface area contributed by atoms with E-state index in [9.17, 15) is 15.0 Å². The number of carbonyl (C=O) groups is 1. The third-order valence-electron chi connectivity index (χ3n) is 4.99. The molecule has 0 amide bonds. The summed E-state index contributed by atoms with van der Waals surface area (Å²) >= 11 is 0. The first-order chi connectivity index (χ1) is 15.0. The minimum atomic E-state index is -0.901. The topological polar surface area (TPSA) is 93.8 Å². The highest BCUT2D eigenvalue weighted by Gasteiger charge is 2.19. The minimum absolute atomic E-state index is 0.0893. The van der Waals surface area contributed by atoms with Gasteiger partial charge in [0.05, 0.1) is 44.2 Å². The van der Waals surface area contributed by atoms with Gasteiger partial charge >= 0.3 is 5.97 Å². The largest absolute Gasteiger partial charge is 0.496 e. The molecule has 0 saturated heterocycles. The van der Waals surface area contributed by atoms with Gasteiger partial charge in [-0.25, -0.2) is 0 Å². The van der Waals surface area contributed by atoms with Crippen LogP contribution < -0.4 is 9.47 Å². The number of carboxylic acids is 1. The Bertz CT molecular complexity index is 1040. The average Bonchev–Trinajstić information content (AvgIpc) is 3.17. The molecule has 0 bridgehead atoms. The third-order valence-corrected chi connectivity index (χ3v) is 4.99. The molecule has 31 heavy (non-hydrogen) atoms. The Morgan fingerprint density at radius 3 is 2.55 bits per heavy atom. The number of carboxylic acid groups (broad SMARTS) is 1. The van der Waals surface area contributed by atoms with Gasteiger partial charge < -0.3 is 19.7 Å². The first-order valence-corrected chi connectivity index (χ1v) is 10.3. The van der Waals surface area contributed by atoms with Gasteiger partial charge in [0.25, 0.3) is 0 Å². The normalized spacial score (nSPS) is 11.9. The van der Waals surface area contributed by atoms with Crippen molar-refractivity contribution in [1.29, 1.82) is 0 Å². The molecule has 7 heteroatoms. The highest BCUT2D eigenvalue weighted by Crippen LogP contribution is 2.36.